The van der Waals surface area contributed by atoms with Gasteiger partial charge in [0.05, 0.1) is 12.3 Å². The summed E-state index contributed by atoms with van der Waals surface area (Å²) in [4.78, 5) is 7.73. The summed E-state index contributed by atoms with van der Waals surface area (Å²) in [6.07, 6.45) is 0. The fourth-order valence-corrected chi connectivity index (χ4v) is 0.834. The number of rotatable bonds is 2. The van der Waals surface area contributed by atoms with E-state index in [2.05, 4.69) is 9.97 Å². The van der Waals surface area contributed by atoms with Crippen molar-refractivity contribution in [3.8, 4) is 5.88 Å². The van der Waals surface area contributed by atoms with Crippen molar-refractivity contribution in [1.29, 1.82) is 0 Å². The number of nitrogens with zero attached hydrogens (tertiary/aromatic N) is 2. The van der Waals surface area contributed by atoms with E-state index in [1.807, 2.05) is 0 Å². The van der Waals surface area contributed by atoms with Crippen molar-refractivity contribution in [2.45, 2.75) is 13.5 Å². The van der Waals surface area contributed by atoms with E-state index in [9.17, 15) is 0 Å². The summed E-state index contributed by atoms with van der Waals surface area (Å²) in [6, 6.07) is 1.48. The van der Waals surface area contributed by atoms with Gasteiger partial charge in [0.1, 0.15) is 5.82 Å². The van der Waals surface area contributed by atoms with E-state index in [4.69, 9.17) is 9.84 Å². The number of ether oxygens (including phenoxy) is 1. The summed E-state index contributed by atoms with van der Waals surface area (Å²) in [5.41, 5.74) is 0.692. The molecule has 4 nitrogen and oxygen atoms in total. The minimum absolute atomic E-state index is 0.00968. The number of methoxy groups -OCH3 is 1. The summed E-state index contributed by atoms with van der Waals surface area (Å²) < 4.78 is 4.84. The van der Waals surface area contributed by atoms with Gasteiger partial charge in [-0.2, -0.15) is 4.98 Å². The van der Waals surface area contributed by atoms with E-state index in [0.29, 0.717) is 18.1 Å². The molecule has 0 aliphatic heterocycles. The average molecular weight is 154 g/mol. The molecule has 1 heterocycles. The van der Waals surface area contributed by atoms with Crippen molar-refractivity contribution in [3.63, 3.8) is 0 Å². The molecule has 0 atom stereocenters. The van der Waals surface area contributed by atoms with E-state index < -0.39 is 0 Å². The molecule has 0 radical (unpaired) electrons. The van der Waals surface area contributed by atoms with Crippen LogP contribution in [0.3, 0.4) is 0 Å². The first-order valence-corrected chi connectivity index (χ1v) is 3.25. The summed E-state index contributed by atoms with van der Waals surface area (Å²) in [5, 5.41) is 9.01. The Balaban J connectivity index is 2.89. The maximum absolute atomic E-state index is 9.01. The van der Waals surface area contributed by atoms with Gasteiger partial charge in [-0.1, -0.05) is 0 Å². The molecule has 0 unspecified atom stereocenters. The highest BCUT2D eigenvalue weighted by Crippen LogP contribution is 2.06. The lowest BCUT2D eigenvalue weighted by atomic mass is 10.4. The predicted octanol–water partition coefficient (Wildman–Crippen LogP) is 0.637. The molecular weight excluding hydrogens is 144 g/mol. The molecule has 0 saturated heterocycles. The van der Waals surface area contributed by atoms with E-state index in [0.717, 1.165) is 0 Å². The van der Waals surface area contributed by atoms with Crippen LogP contribution in [0, 0.1) is 6.92 Å². The van der Waals surface area contributed by atoms with Crippen molar-refractivity contribution in [2.24, 2.45) is 0 Å². The zero-order chi connectivity index (χ0) is 8.27. The largest absolute Gasteiger partial charge is 0.493 e. The lowest BCUT2D eigenvalue weighted by Crippen LogP contribution is -1.96. The van der Waals surface area contributed by atoms with Gasteiger partial charge in [-0.05, 0) is 6.92 Å². The fourth-order valence-electron chi connectivity index (χ4n) is 0.834. The highest BCUT2D eigenvalue weighted by Gasteiger charge is 1.98. The van der Waals surface area contributed by atoms with Crippen LogP contribution >= 0.6 is 0 Å². The molecule has 0 fully saturated rings. The quantitative estimate of drug-likeness (QED) is 0.679. The zero-order valence-corrected chi connectivity index (χ0v) is 6.53. The third-order valence-corrected chi connectivity index (χ3v) is 1.17. The third kappa shape index (κ3) is 2.16. The van der Waals surface area contributed by atoms with Gasteiger partial charge >= 0.3 is 0 Å². The Labute approximate surface area is 64.9 Å². The molecule has 0 aliphatic rings. The van der Waals surface area contributed by atoms with Crippen LogP contribution in [0.2, 0.25) is 0 Å². The highest BCUT2D eigenvalue weighted by atomic mass is 16.5. The molecule has 11 heavy (non-hydrogen) atoms. The van der Waals surface area contributed by atoms with Gasteiger partial charge in [-0.25, -0.2) is 4.98 Å². The van der Waals surface area contributed by atoms with Gasteiger partial charge in [0, 0.05) is 13.2 Å². The lowest BCUT2D eigenvalue weighted by Gasteiger charge is -1.99. The minimum atomic E-state index is -0.00968. The molecule has 1 aromatic rings. The highest BCUT2D eigenvalue weighted by molar-refractivity contribution is 5.13. The smallest absolute Gasteiger partial charge is 0.214 e. The molecule has 60 valence electrons. The van der Waals surface area contributed by atoms with E-state index >= 15 is 0 Å². The molecule has 1 N–H and O–H groups in total. The first-order chi connectivity index (χ1) is 5.22. The maximum atomic E-state index is 9.01. The van der Waals surface area contributed by atoms with Gasteiger partial charge in [-0.15, -0.1) is 0 Å². The van der Waals surface area contributed by atoms with Crippen LogP contribution in [0.15, 0.2) is 6.07 Å². The van der Waals surface area contributed by atoms with Gasteiger partial charge in [0.2, 0.25) is 5.88 Å². The molecule has 0 aliphatic carbocycles. The molecule has 0 amide bonds. The van der Waals surface area contributed by atoms with Crippen molar-refractivity contribution >= 4 is 0 Å². The molecule has 0 aromatic carbocycles. The van der Waals surface area contributed by atoms with Crippen LogP contribution in [0.4, 0.5) is 0 Å². The molecule has 0 bridgehead atoms. The predicted molar refractivity (Wildman–Crippen MR) is 39.1 cm³/mol. The van der Waals surface area contributed by atoms with Gasteiger partial charge < -0.3 is 9.84 Å². The number of aromatic nitrogens is 2. The second-order valence-electron chi connectivity index (χ2n) is 2.20. The van der Waals surface area contributed by atoms with E-state index in [-0.39, 0.29) is 5.88 Å². The molecular formula is C7H10N2O2. The fraction of sp³-hybridized carbons (Fsp3) is 0.429. The van der Waals surface area contributed by atoms with Crippen LogP contribution in [0.5, 0.6) is 5.88 Å². The number of aryl methyl sites for hydroxylation is 1. The number of hydrogen-bond acceptors (Lipinski definition) is 4. The van der Waals surface area contributed by atoms with Crippen LogP contribution in [0.25, 0.3) is 0 Å². The van der Waals surface area contributed by atoms with Crippen molar-refractivity contribution in [1.82, 2.24) is 9.97 Å². The third-order valence-electron chi connectivity index (χ3n) is 1.17. The Morgan fingerprint density at radius 1 is 1.55 bits per heavy atom. The summed E-state index contributed by atoms with van der Waals surface area (Å²) in [6.45, 7) is 2.12. The Morgan fingerprint density at radius 3 is 2.82 bits per heavy atom. The zero-order valence-electron chi connectivity index (χ0n) is 6.53. The SMILES string of the molecule is COCc1cc(O)nc(C)n1. The Hall–Kier alpha value is -1.16. The van der Waals surface area contributed by atoms with Crippen LogP contribution in [-0.2, 0) is 11.3 Å². The topological polar surface area (TPSA) is 55.2 Å². The summed E-state index contributed by atoms with van der Waals surface area (Å²) in [7, 11) is 1.58. The van der Waals surface area contributed by atoms with Gasteiger partial charge in [0.25, 0.3) is 0 Å². The molecule has 0 saturated carbocycles. The van der Waals surface area contributed by atoms with E-state index in [1.165, 1.54) is 6.07 Å². The minimum Gasteiger partial charge on any atom is -0.493 e. The first kappa shape index (κ1) is 7.94. The average Bonchev–Trinajstić information content (AvgIpc) is 1.85. The lowest BCUT2D eigenvalue weighted by molar-refractivity contribution is 0.181. The maximum Gasteiger partial charge on any atom is 0.214 e. The second-order valence-corrected chi connectivity index (χ2v) is 2.20. The van der Waals surface area contributed by atoms with Crippen LogP contribution < -0.4 is 0 Å². The Bertz CT molecular complexity index is 230. The number of aromatic hydroxyl groups is 1. The standard InChI is InChI=1S/C7H10N2O2/c1-5-8-6(4-11-2)3-7(10)9-5/h3H,4H2,1-2H3,(H,8,9,10). The van der Waals surface area contributed by atoms with Crippen LogP contribution in [-0.4, -0.2) is 22.2 Å². The first-order valence-electron chi connectivity index (χ1n) is 3.25. The number of hydrogen-bond donors (Lipinski definition) is 1. The molecule has 4 heteroatoms. The van der Waals surface area contributed by atoms with E-state index in [1.54, 1.807) is 14.0 Å². The normalized spacial score (nSPS) is 10.0. The summed E-state index contributed by atoms with van der Waals surface area (Å²) >= 11 is 0. The monoisotopic (exact) mass is 154 g/mol. The summed E-state index contributed by atoms with van der Waals surface area (Å²) in [5.74, 6) is 0.543. The van der Waals surface area contributed by atoms with Gasteiger partial charge in [0.15, 0.2) is 0 Å². The molecule has 1 rings (SSSR count). The molecule has 1 aromatic heterocycles. The van der Waals surface area contributed by atoms with Crippen molar-refractivity contribution in [2.75, 3.05) is 7.11 Å². The molecule has 0 spiro atoms. The second kappa shape index (κ2) is 3.30. The Morgan fingerprint density at radius 2 is 2.27 bits per heavy atom. The van der Waals surface area contributed by atoms with Crippen LogP contribution in [0.1, 0.15) is 11.5 Å². The van der Waals surface area contributed by atoms with Crippen molar-refractivity contribution in [3.05, 3.63) is 17.6 Å². The van der Waals surface area contributed by atoms with Gasteiger partial charge in [-0.3, -0.25) is 0 Å². The van der Waals surface area contributed by atoms with Crippen molar-refractivity contribution < 1.29 is 9.84 Å². The Kier molecular flexibility index (Phi) is 2.38.